The summed E-state index contributed by atoms with van der Waals surface area (Å²) in [5.41, 5.74) is -0.579. The molecule has 3 rings (SSSR count). The molecule has 2 fully saturated rings. The van der Waals surface area contributed by atoms with Crippen LogP contribution in [0.15, 0.2) is 35.2 Å². The summed E-state index contributed by atoms with van der Waals surface area (Å²) in [4.78, 5) is 13.7. The highest BCUT2D eigenvalue weighted by atomic mass is 32.2. The number of rotatable bonds is 2. The van der Waals surface area contributed by atoms with E-state index >= 15 is 0 Å². The number of morpholine rings is 1. The van der Waals surface area contributed by atoms with Crippen molar-refractivity contribution in [3.05, 3.63) is 30.3 Å². The lowest BCUT2D eigenvalue weighted by Gasteiger charge is -2.47. The van der Waals surface area contributed by atoms with Crippen molar-refractivity contribution in [2.75, 3.05) is 32.8 Å². The highest BCUT2D eigenvalue weighted by molar-refractivity contribution is 7.89. The number of likely N-dealkylation sites (tertiary alicyclic amines) is 1. The van der Waals surface area contributed by atoms with Crippen LogP contribution in [0.4, 0.5) is 0 Å². The maximum absolute atomic E-state index is 12.8. The van der Waals surface area contributed by atoms with Gasteiger partial charge in [0.15, 0.2) is 0 Å². The molecule has 0 aromatic heterocycles. The number of benzene rings is 1. The Morgan fingerprint density at radius 3 is 2.61 bits per heavy atom. The van der Waals surface area contributed by atoms with E-state index in [0.29, 0.717) is 37.7 Å². The van der Waals surface area contributed by atoms with E-state index in [2.05, 4.69) is 0 Å². The standard InChI is InChI=1S/C16H22N2O4S/c1-14(19)17-9-5-8-16(12-17)13-18(10-11-22-16)23(20,21)15-6-3-2-4-7-15/h2-4,6-7H,5,8-13H2,1H3. The molecule has 0 saturated carbocycles. The normalized spacial score (nSPS) is 26.4. The molecule has 1 spiro atoms. The van der Waals surface area contributed by atoms with Crippen LogP contribution in [-0.2, 0) is 19.6 Å². The summed E-state index contributed by atoms with van der Waals surface area (Å²) in [7, 11) is -3.53. The van der Waals surface area contributed by atoms with Crippen molar-refractivity contribution in [1.82, 2.24) is 9.21 Å². The predicted octanol–water partition coefficient (Wildman–Crippen LogP) is 1.09. The van der Waals surface area contributed by atoms with Gasteiger partial charge in [0.25, 0.3) is 0 Å². The topological polar surface area (TPSA) is 66.9 Å². The fourth-order valence-electron chi connectivity index (χ4n) is 3.37. The minimum absolute atomic E-state index is 0.00992. The van der Waals surface area contributed by atoms with E-state index in [4.69, 9.17) is 4.74 Å². The molecule has 0 bridgehead atoms. The minimum atomic E-state index is -3.53. The van der Waals surface area contributed by atoms with E-state index in [1.807, 2.05) is 0 Å². The summed E-state index contributed by atoms with van der Waals surface area (Å²) in [6.45, 7) is 3.72. The maximum Gasteiger partial charge on any atom is 0.243 e. The van der Waals surface area contributed by atoms with Crippen LogP contribution < -0.4 is 0 Å². The van der Waals surface area contributed by atoms with Crippen LogP contribution in [0.25, 0.3) is 0 Å². The Kier molecular flexibility index (Phi) is 4.44. The van der Waals surface area contributed by atoms with Crippen molar-refractivity contribution in [3.63, 3.8) is 0 Å². The molecule has 2 saturated heterocycles. The molecular weight excluding hydrogens is 316 g/mol. The Bertz CT molecular complexity index is 673. The van der Waals surface area contributed by atoms with Crippen molar-refractivity contribution < 1.29 is 17.9 Å². The van der Waals surface area contributed by atoms with E-state index in [-0.39, 0.29) is 5.91 Å². The first-order chi connectivity index (χ1) is 10.9. The molecule has 0 N–H and O–H groups in total. The van der Waals surface area contributed by atoms with Crippen LogP contribution in [0, 0.1) is 0 Å². The highest BCUT2D eigenvalue weighted by Gasteiger charge is 2.44. The van der Waals surface area contributed by atoms with Crippen LogP contribution in [0.3, 0.4) is 0 Å². The zero-order chi connectivity index (χ0) is 16.5. The lowest BCUT2D eigenvalue weighted by Crippen LogP contribution is -2.61. The zero-order valence-electron chi connectivity index (χ0n) is 13.3. The van der Waals surface area contributed by atoms with Gasteiger partial charge in [-0.3, -0.25) is 4.79 Å². The third kappa shape index (κ3) is 3.27. The second kappa shape index (κ2) is 6.22. The zero-order valence-corrected chi connectivity index (χ0v) is 14.1. The Labute approximate surface area is 137 Å². The third-order valence-electron chi connectivity index (χ3n) is 4.58. The summed E-state index contributed by atoms with van der Waals surface area (Å²) in [6, 6.07) is 8.47. The molecule has 1 unspecified atom stereocenters. The summed E-state index contributed by atoms with van der Waals surface area (Å²) in [6.07, 6.45) is 1.61. The largest absolute Gasteiger partial charge is 0.370 e. The quantitative estimate of drug-likeness (QED) is 0.810. The minimum Gasteiger partial charge on any atom is -0.370 e. The molecule has 126 valence electrons. The SMILES string of the molecule is CC(=O)N1CCCC2(C1)CN(S(=O)(=O)c1ccccc1)CCO2. The van der Waals surface area contributed by atoms with Gasteiger partial charge in [0.1, 0.15) is 0 Å². The number of hydrogen-bond donors (Lipinski definition) is 0. The van der Waals surface area contributed by atoms with Crippen LogP contribution in [-0.4, -0.2) is 61.9 Å². The van der Waals surface area contributed by atoms with Gasteiger partial charge >= 0.3 is 0 Å². The first-order valence-electron chi connectivity index (χ1n) is 7.88. The van der Waals surface area contributed by atoms with Crippen molar-refractivity contribution in [2.45, 2.75) is 30.3 Å². The third-order valence-corrected chi connectivity index (χ3v) is 6.44. The van der Waals surface area contributed by atoms with Gasteiger partial charge in [-0.05, 0) is 25.0 Å². The molecule has 1 aromatic rings. The second-order valence-corrected chi connectivity index (χ2v) is 8.17. The van der Waals surface area contributed by atoms with Gasteiger partial charge in [0.2, 0.25) is 15.9 Å². The molecule has 0 aliphatic carbocycles. The van der Waals surface area contributed by atoms with E-state index in [9.17, 15) is 13.2 Å². The van der Waals surface area contributed by atoms with E-state index < -0.39 is 15.6 Å². The van der Waals surface area contributed by atoms with Gasteiger partial charge in [-0.15, -0.1) is 0 Å². The Hall–Kier alpha value is -1.44. The summed E-state index contributed by atoms with van der Waals surface area (Å²) in [5, 5.41) is 0. The van der Waals surface area contributed by atoms with Crippen molar-refractivity contribution in [1.29, 1.82) is 0 Å². The molecule has 2 aliphatic heterocycles. The first kappa shape index (κ1) is 16.4. The predicted molar refractivity (Wildman–Crippen MR) is 85.4 cm³/mol. The van der Waals surface area contributed by atoms with Gasteiger partial charge in [0, 0.05) is 26.6 Å². The maximum atomic E-state index is 12.8. The lowest BCUT2D eigenvalue weighted by molar-refractivity contribution is -0.149. The fraction of sp³-hybridized carbons (Fsp3) is 0.562. The van der Waals surface area contributed by atoms with Gasteiger partial charge in [-0.25, -0.2) is 8.42 Å². The summed E-state index contributed by atoms with van der Waals surface area (Å²) >= 11 is 0. The number of ether oxygens (including phenoxy) is 1. The molecular formula is C16H22N2O4S. The average molecular weight is 338 g/mol. The molecule has 6 nitrogen and oxygen atoms in total. The van der Waals surface area contributed by atoms with Crippen LogP contribution in [0.1, 0.15) is 19.8 Å². The number of carbonyl (C=O) groups excluding carboxylic acids is 1. The molecule has 1 atom stereocenters. The number of nitrogens with zero attached hydrogens (tertiary/aromatic N) is 2. The second-order valence-electron chi connectivity index (χ2n) is 6.23. The number of sulfonamides is 1. The fourth-order valence-corrected chi connectivity index (χ4v) is 4.89. The van der Waals surface area contributed by atoms with Gasteiger partial charge in [-0.2, -0.15) is 4.31 Å². The molecule has 2 heterocycles. The number of carbonyl (C=O) groups is 1. The monoisotopic (exact) mass is 338 g/mol. The Balaban J connectivity index is 1.82. The number of amides is 1. The van der Waals surface area contributed by atoms with Crippen LogP contribution in [0.2, 0.25) is 0 Å². The Morgan fingerprint density at radius 1 is 1.17 bits per heavy atom. The van der Waals surface area contributed by atoms with E-state index in [1.54, 1.807) is 42.2 Å². The summed E-state index contributed by atoms with van der Waals surface area (Å²) in [5.74, 6) is 0.00992. The molecule has 1 amide bonds. The van der Waals surface area contributed by atoms with Gasteiger partial charge in [-0.1, -0.05) is 18.2 Å². The molecule has 2 aliphatic rings. The summed E-state index contributed by atoms with van der Waals surface area (Å²) < 4.78 is 33.1. The van der Waals surface area contributed by atoms with Gasteiger partial charge < -0.3 is 9.64 Å². The highest BCUT2D eigenvalue weighted by Crippen LogP contribution is 2.31. The molecule has 1 aromatic carbocycles. The van der Waals surface area contributed by atoms with Crippen LogP contribution >= 0.6 is 0 Å². The number of piperidine rings is 1. The molecule has 0 radical (unpaired) electrons. The smallest absolute Gasteiger partial charge is 0.243 e. The first-order valence-corrected chi connectivity index (χ1v) is 9.32. The average Bonchev–Trinajstić information content (AvgIpc) is 2.56. The van der Waals surface area contributed by atoms with Crippen LogP contribution in [0.5, 0.6) is 0 Å². The van der Waals surface area contributed by atoms with Gasteiger partial charge in [0.05, 0.1) is 23.6 Å². The van der Waals surface area contributed by atoms with Crippen molar-refractivity contribution in [2.24, 2.45) is 0 Å². The lowest BCUT2D eigenvalue weighted by atomic mass is 9.91. The van der Waals surface area contributed by atoms with Crippen molar-refractivity contribution >= 4 is 15.9 Å². The van der Waals surface area contributed by atoms with Crippen molar-refractivity contribution in [3.8, 4) is 0 Å². The number of hydrogen-bond acceptors (Lipinski definition) is 4. The van der Waals surface area contributed by atoms with E-state index in [1.165, 1.54) is 4.31 Å². The molecule has 7 heteroatoms. The van der Waals surface area contributed by atoms with E-state index in [0.717, 1.165) is 12.8 Å². The molecule has 23 heavy (non-hydrogen) atoms. The Morgan fingerprint density at radius 2 is 1.91 bits per heavy atom.